The van der Waals surface area contributed by atoms with Crippen LogP contribution in [0.1, 0.15) is 26.5 Å². The number of ether oxygens (including phenoxy) is 2. The van der Waals surface area contributed by atoms with Crippen LogP contribution in [0.2, 0.25) is 10.0 Å². The van der Waals surface area contributed by atoms with Crippen LogP contribution in [-0.4, -0.2) is 73.9 Å². The van der Waals surface area contributed by atoms with Crippen molar-refractivity contribution >= 4 is 62.1 Å². The minimum atomic E-state index is -5.08. The summed E-state index contributed by atoms with van der Waals surface area (Å²) in [5.41, 5.74) is 6.95. The van der Waals surface area contributed by atoms with Crippen molar-refractivity contribution in [2.24, 2.45) is 11.7 Å². The van der Waals surface area contributed by atoms with E-state index < -0.39 is 48.7 Å². The van der Waals surface area contributed by atoms with Crippen molar-refractivity contribution in [2.75, 3.05) is 6.61 Å². The first-order valence-corrected chi connectivity index (χ1v) is 11.9. The number of aliphatic carboxylic acids is 1. The van der Waals surface area contributed by atoms with Gasteiger partial charge in [-0.3, -0.25) is 9.36 Å². The van der Waals surface area contributed by atoms with Gasteiger partial charge in [0.25, 0.3) is 0 Å². The van der Waals surface area contributed by atoms with Gasteiger partial charge in [0, 0.05) is 0 Å². The predicted molar refractivity (Wildman–Crippen MR) is 125 cm³/mol. The molecule has 0 bridgehead atoms. The SMILES string of the molecule is CC[C@H](C)[C@H](N)C(=O)OC[C@H]1O[C@@H](n2c(Br)nc3cc(Cl)c(Cl)cc32)[C@H](O)[C@@H]1O.O=C(O)C(F)(F)F. The fourth-order valence-corrected chi connectivity index (χ4v) is 4.03. The number of nitrogens with two attached hydrogens (primary N) is 1. The average molecular weight is 625 g/mol. The number of carbonyl (C=O) groups excluding carboxylic acids is 1. The van der Waals surface area contributed by atoms with E-state index in [0.717, 1.165) is 6.42 Å². The summed E-state index contributed by atoms with van der Waals surface area (Å²) in [4.78, 5) is 25.3. The number of carboxylic acids is 1. The maximum absolute atomic E-state index is 12.1. The molecule has 0 radical (unpaired) electrons. The molecule has 5 N–H and O–H groups in total. The van der Waals surface area contributed by atoms with Gasteiger partial charge < -0.3 is 30.5 Å². The molecular formula is C20H23BrCl2F3N3O7. The molecule has 1 saturated heterocycles. The smallest absolute Gasteiger partial charge is 0.475 e. The summed E-state index contributed by atoms with van der Waals surface area (Å²) < 4.78 is 44.7. The van der Waals surface area contributed by atoms with E-state index in [0.29, 0.717) is 25.8 Å². The van der Waals surface area contributed by atoms with Gasteiger partial charge in [-0.05, 0) is 34.0 Å². The number of alkyl halides is 3. The first-order chi connectivity index (χ1) is 16.6. The topological polar surface area (TPSA) is 157 Å². The lowest BCUT2D eigenvalue weighted by Gasteiger charge is -2.20. The van der Waals surface area contributed by atoms with Crippen molar-refractivity contribution in [1.82, 2.24) is 9.55 Å². The number of aromatic nitrogens is 2. The van der Waals surface area contributed by atoms with E-state index in [1.165, 1.54) is 0 Å². The molecule has 1 aromatic heterocycles. The maximum Gasteiger partial charge on any atom is 0.490 e. The van der Waals surface area contributed by atoms with Gasteiger partial charge in [0.15, 0.2) is 11.0 Å². The Morgan fingerprint density at radius 3 is 2.36 bits per heavy atom. The minimum Gasteiger partial charge on any atom is -0.475 e. The summed E-state index contributed by atoms with van der Waals surface area (Å²) in [7, 11) is 0. The van der Waals surface area contributed by atoms with Gasteiger partial charge in [-0.25, -0.2) is 9.78 Å². The summed E-state index contributed by atoms with van der Waals surface area (Å²) in [6.45, 7) is 3.54. The number of hydrogen-bond acceptors (Lipinski definition) is 8. The Hall–Kier alpha value is -1.68. The molecule has 36 heavy (non-hydrogen) atoms. The number of fused-ring (bicyclic) bond motifs is 1. The van der Waals surface area contributed by atoms with Crippen LogP contribution in [0.15, 0.2) is 16.9 Å². The molecule has 1 aliphatic rings. The molecule has 6 atom stereocenters. The van der Waals surface area contributed by atoms with Crippen LogP contribution in [0, 0.1) is 5.92 Å². The van der Waals surface area contributed by atoms with Crippen molar-refractivity contribution < 1.29 is 47.6 Å². The molecule has 0 amide bonds. The van der Waals surface area contributed by atoms with Crippen molar-refractivity contribution in [3.63, 3.8) is 0 Å². The number of rotatable bonds is 6. The van der Waals surface area contributed by atoms with E-state index in [4.69, 9.17) is 48.3 Å². The number of aliphatic hydroxyl groups excluding tert-OH is 2. The number of carboxylic acid groups (broad SMARTS) is 1. The van der Waals surface area contributed by atoms with E-state index >= 15 is 0 Å². The van der Waals surface area contributed by atoms with Crippen molar-refractivity contribution in [3.8, 4) is 0 Å². The third kappa shape index (κ3) is 7.00. The molecule has 0 aliphatic carbocycles. The third-order valence-corrected chi connectivity index (χ3v) is 6.72. The fraction of sp³-hybridized carbons (Fsp3) is 0.550. The lowest BCUT2D eigenvalue weighted by Crippen LogP contribution is -2.40. The number of nitrogens with zero attached hydrogens (tertiary/aromatic N) is 2. The van der Waals surface area contributed by atoms with Crippen LogP contribution < -0.4 is 5.73 Å². The van der Waals surface area contributed by atoms with Gasteiger partial charge in [-0.1, -0.05) is 43.5 Å². The highest BCUT2D eigenvalue weighted by Gasteiger charge is 2.45. The molecule has 0 unspecified atom stereocenters. The highest BCUT2D eigenvalue weighted by molar-refractivity contribution is 9.10. The van der Waals surface area contributed by atoms with Crippen molar-refractivity contribution in [3.05, 3.63) is 26.9 Å². The number of hydrogen-bond donors (Lipinski definition) is 4. The van der Waals surface area contributed by atoms with E-state index in [1.807, 2.05) is 13.8 Å². The Balaban J connectivity index is 0.000000572. The van der Waals surface area contributed by atoms with E-state index in [1.54, 1.807) is 16.7 Å². The molecule has 202 valence electrons. The van der Waals surface area contributed by atoms with Gasteiger partial charge in [0.05, 0.1) is 21.1 Å². The predicted octanol–water partition coefficient (Wildman–Crippen LogP) is 3.27. The molecule has 16 heteroatoms. The lowest BCUT2D eigenvalue weighted by atomic mass is 10.0. The zero-order valence-electron chi connectivity index (χ0n) is 18.7. The fourth-order valence-electron chi connectivity index (χ4n) is 3.13. The molecule has 10 nitrogen and oxygen atoms in total. The molecule has 1 aliphatic heterocycles. The summed E-state index contributed by atoms with van der Waals surface area (Å²) in [6.07, 6.45) is -8.83. The van der Waals surface area contributed by atoms with Gasteiger partial charge in [0.1, 0.15) is 31.0 Å². The van der Waals surface area contributed by atoms with Crippen molar-refractivity contribution in [1.29, 1.82) is 0 Å². The molecular weight excluding hydrogens is 602 g/mol. The first-order valence-electron chi connectivity index (χ1n) is 10.4. The molecule has 0 spiro atoms. The number of imidazole rings is 1. The molecule has 1 aromatic carbocycles. The zero-order valence-corrected chi connectivity index (χ0v) is 21.8. The summed E-state index contributed by atoms with van der Waals surface area (Å²) >= 11 is 15.5. The second kappa shape index (κ2) is 12.2. The second-order valence-electron chi connectivity index (χ2n) is 7.90. The average Bonchev–Trinajstić information content (AvgIpc) is 3.25. The Labute approximate surface area is 221 Å². The first kappa shape index (κ1) is 30.5. The Morgan fingerprint density at radius 1 is 1.28 bits per heavy atom. The normalized spacial score (nSPS) is 23.6. The van der Waals surface area contributed by atoms with Gasteiger partial charge in [-0.2, -0.15) is 13.2 Å². The lowest BCUT2D eigenvalue weighted by molar-refractivity contribution is -0.192. The standard InChI is InChI=1S/C18H22BrCl2N3O5.C2HF3O2/c1-3-7(2)13(22)17(27)28-6-12-14(25)15(26)16(29-12)24-11-5-9(21)8(20)4-10(11)23-18(24)19;3-2(4,5)1(6)7/h4-5,7,12-16,25-26H,3,6,22H2,1-2H3;(H,6,7)/t7-,12+,13-,14+,15+,16+;/m0./s1. The number of halogens is 6. The van der Waals surface area contributed by atoms with E-state index in [2.05, 4.69) is 20.9 Å². The molecule has 1 fully saturated rings. The highest BCUT2D eigenvalue weighted by atomic mass is 79.9. The van der Waals surface area contributed by atoms with Gasteiger partial charge >= 0.3 is 18.1 Å². The van der Waals surface area contributed by atoms with E-state index in [-0.39, 0.29) is 12.5 Å². The molecule has 3 rings (SSSR count). The van der Waals surface area contributed by atoms with Crippen LogP contribution >= 0.6 is 39.1 Å². The van der Waals surface area contributed by atoms with Gasteiger partial charge in [0.2, 0.25) is 0 Å². The zero-order chi connectivity index (χ0) is 27.5. The van der Waals surface area contributed by atoms with Crippen LogP contribution in [0.5, 0.6) is 0 Å². The van der Waals surface area contributed by atoms with Crippen molar-refractivity contribution in [2.45, 2.75) is 57.0 Å². The molecule has 2 heterocycles. The number of aliphatic hydroxyl groups is 2. The summed E-state index contributed by atoms with van der Waals surface area (Å²) in [5, 5.41) is 28.7. The van der Waals surface area contributed by atoms with Crippen LogP contribution in [0.4, 0.5) is 13.2 Å². The van der Waals surface area contributed by atoms with Gasteiger partial charge in [-0.15, -0.1) is 0 Å². The van der Waals surface area contributed by atoms with E-state index in [9.17, 15) is 28.2 Å². The second-order valence-corrected chi connectivity index (χ2v) is 9.42. The number of esters is 1. The summed E-state index contributed by atoms with van der Waals surface area (Å²) in [6, 6.07) is 2.42. The Morgan fingerprint density at radius 2 is 1.83 bits per heavy atom. The Bertz CT molecular complexity index is 1100. The van der Waals surface area contributed by atoms with Crippen LogP contribution in [-0.2, 0) is 19.1 Å². The van der Waals surface area contributed by atoms with Crippen LogP contribution in [0.25, 0.3) is 11.0 Å². The quantitative estimate of drug-likeness (QED) is 0.354. The number of carbonyl (C=O) groups is 2. The molecule has 0 saturated carbocycles. The number of benzene rings is 1. The minimum absolute atomic E-state index is 0.0416. The largest absolute Gasteiger partial charge is 0.490 e. The third-order valence-electron chi connectivity index (χ3n) is 5.44. The van der Waals surface area contributed by atoms with Crippen LogP contribution in [0.3, 0.4) is 0 Å². The molecule has 2 aromatic rings. The maximum atomic E-state index is 12.1. The highest BCUT2D eigenvalue weighted by Crippen LogP contribution is 2.37. The summed E-state index contributed by atoms with van der Waals surface area (Å²) in [5.74, 6) is -3.38. The monoisotopic (exact) mass is 623 g/mol. The Kier molecular flexibility index (Phi) is 10.4.